The topological polar surface area (TPSA) is 0 Å². The first-order valence-electron chi connectivity index (χ1n) is 6.44. The molecule has 0 bridgehead atoms. The van der Waals surface area contributed by atoms with Gasteiger partial charge in [0.15, 0.2) is 0 Å². The van der Waals surface area contributed by atoms with Crippen LogP contribution in [-0.2, 0) is 20.4 Å². The average Bonchev–Trinajstić information content (AvgIpc) is 2.47. The molecule has 20 heavy (non-hydrogen) atoms. The van der Waals surface area contributed by atoms with Gasteiger partial charge in [0.1, 0.15) is 0 Å². The Balaban J connectivity index is 0.00000121. The van der Waals surface area contributed by atoms with Gasteiger partial charge in [-0.25, -0.2) is 0 Å². The molecule has 0 aliphatic carbocycles. The SMILES string of the molecule is Pc1cccc2c3ccccc3c3ccccc3c12.[Pd]. The summed E-state index contributed by atoms with van der Waals surface area (Å²) in [6.07, 6.45) is 0. The molecule has 0 heterocycles. The predicted octanol–water partition coefficient (Wildman–Crippen LogP) is 4.64. The summed E-state index contributed by atoms with van der Waals surface area (Å²) in [6, 6.07) is 23.8. The van der Waals surface area contributed by atoms with E-state index >= 15 is 0 Å². The van der Waals surface area contributed by atoms with Crippen molar-refractivity contribution < 1.29 is 20.4 Å². The van der Waals surface area contributed by atoms with Gasteiger partial charge < -0.3 is 0 Å². The zero-order valence-corrected chi connectivity index (χ0v) is 13.5. The normalized spacial score (nSPS) is 10.8. The van der Waals surface area contributed by atoms with Crippen LogP contribution in [0.5, 0.6) is 0 Å². The van der Waals surface area contributed by atoms with E-state index in [1.807, 2.05) is 0 Å². The van der Waals surface area contributed by atoms with Crippen molar-refractivity contribution >= 4 is 46.9 Å². The third-order valence-electron chi connectivity index (χ3n) is 3.80. The molecule has 0 amide bonds. The summed E-state index contributed by atoms with van der Waals surface area (Å²) in [6.45, 7) is 0. The second kappa shape index (κ2) is 5.27. The Labute approximate surface area is 134 Å². The minimum Gasteiger partial charge on any atom is -0.105 e. The van der Waals surface area contributed by atoms with Crippen molar-refractivity contribution in [2.75, 3.05) is 0 Å². The fourth-order valence-corrected chi connectivity index (χ4v) is 3.41. The molecule has 0 spiro atoms. The smallest absolute Gasteiger partial charge is 0 e. The van der Waals surface area contributed by atoms with Crippen LogP contribution in [-0.4, -0.2) is 0 Å². The van der Waals surface area contributed by atoms with Crippen molar-refractivity contribution in [1.29, 1.82) is 0 Å². The van der Waals surface area contributed by atoms with Crippen LogP contribution in [0.15, 0.2) is 66.7 Å². The van der Waals surface area contributed by atoms with Crippen LogP contribution in [0.3, 0.4) is 0 Å². The summed E-state index contributed by atoms with van der Waals surface area (Å²) >= 11 is 0. The zero-order valence-electron chi connectivity index (χ0n) is 10.7. The maximum absolute atomic E-state index is 2.87. The molecule has 100 valence electrons. The summed E-state index contributed by atoms with van der Waals surface area (Å²) < 4.78 is 0. The summed E-state index contributed by atoms with van der Waals surface area (Å²) in [4.78, 5) is 0. The number of rotatable bonds is 0. The van der Waals surface area contributed by atoms with Gasteiger partial charge >= 0.3 is 0 Å². The molecule has 0 N–H and O–H groups in total. The van der Waals surface area contributed by atoms with E-state index in [9.17, 15) is 0 Å². The zero-order chi connectivity index (χ0) is 12.8. The minimum absolute atomic E-state index is 0. The van der Waals surface area contributed by atoms with Gasteiger partial charge in [-0.15, -0.1) is 9.24 Å². The first kappa shape index (κ1) is 13.7. The Hall–Kier alpha value is -1.25. The van der Waals surface area contributed by atoms with Crippen LogP contribution in [0, 0.1) is 0 Å². The standard InChI is InChI=1S/C18H13P.Pd/c19-17-11-5-10-16-14-7-2-1-6-12(14)13-8-3-4-9-15(13)18(16)17;/h1-11H,19H2;. The van der Waals surface area contributed by atoms with Crippen molar-refractivity contribution in [3.8, 4) is 0 Å². The summed E-state index contributed by atoms with van der Waals surface area (Å²) in [5.74, 6) is 0. The van der Waals surface area contributed by atoms with Crippen LogP contribution < -0.4 is 5.30 Å². The third-order valence-corrected chi connectivity index (χ3v) is 4.28. The molecule has 1 unspecified atom stereocenters. The van der Waals surface area contributed by atoms with Gasteiger partial charge in [-0.2, -0.15) is 0 Å². The molecule has 0 aromatic heterocycles. The van der Waals surface area contributed by atoms with Crippen LogP contribution in [0.1, 0.15) is 0 Å². The van der Waals surface area contributed by atoms with E-state index in [1.54, 1.807) is 0 Å². The first-order valence-corrected chi connectivity index (χ1v) is 7.01. The number of hydrogen-bond donors (Lipinski definition) is 0. The molecule has 1 atom stereocenters. The molecular weight excluding hydrogens is 354 g/mol. The number of benzene rings is 4. The average molecular weight is 367 g/mol. The number of hydrogen-bond acceptors (Lipinski definition) is 0. The van der Waals surface area contributed by atoms with Gasteiger partial charge in [0.2, 0.25) is 0 Å². The minimum atomic E-state index is 0. The molecule has 4 aromatic carbocycles. The van der Waals surface area contributed by atoms with E-state index < -0.39 is 0 Å². The molecule has 0 aliphatic rings. The second-order valence-electron chi connectivity index (χ2n) is 4.86. The maximum atomic E-state index is 2.87. The molecule has 0 fully saturated rings. The van der Waals surface area contributed by atoms with Crippen LogP contribution >= 0.6 is 9.24 Å². The Kier molecular flexibility index (Phi) is 3.61. The van der Waals surface area contributed by atoms with E-state index in [4.69, 9.17) is 0 Å². The molecule has 0 radical (unpaired) electrons. The van der Waals surface area contributed by atoms with E-state index in [0.29, 0.717) is 0 Å². The summed E-state index contributed by atoms with van der Waals surface area (Å²) in [7, 11) is 2.87. The molecule has 2 heteroatoms. The third kappa shape index (κ3) is 1.90. The Bertz CT molecular complexity index is 883. The number of fused-ring (bicyclic) bond motifs is 6. The molecule has 0 nitrogen and oxygen atoms in total. The van der Waals surface area contributed by atoms with Gasteiger partial charge in [-0.1, -0.05) is 66.7 Å². The van der Waals surface area contributed by atoms with E-state index in [2.05, 4.69) is 76.0 Å². The van der Waals surface area contributed by atoms with Crippen LogP contribution in [0.2, 0.25) is 0 Å². The van der Waals surface area contributed by atoms with E-state index in [0.717, 1.165) is 0 Å². The molecule has 0 saturated heterocycles. The van der Waals surface area contributed by atoms with Crippen LogP contribution in [0.25, 0.3) is 32.3 Å². The monoisotopic (exact) mass is 366 g/mol. The molecular formula is C18H13PPd. The Morgan fingerprint density at radius 3 is 1.45 bits per heavy atom. The van der Waals surface area contributed by atoms with Gasteiger partial charge in [0.25, 0.3) is 0 Å². The van der Waals surface area contributed by atoms with Crippen molar-refractivity contribution in [3.63, 3.8) is 0 Å². The largest absolute Gasteiger partial charge is 0.105 e. The molecule has 4 rings (SSSR count). The van der Waals surface area contributed by atoms with Crippen molar-refractivity contribution in [2.45, 2.75) is 0 Å². The quantitative estimate of drug-likeness (QED) is 0.241. The summed E-state index contributed by atoms with van der Waals surface area (Å²) in [5.41, 5.74) is 0. The molecule has 0 saturated carbocycles. The van der Waals surface area contributed by atoms with Crippen molar-refractivity contribution in [2.24, 2.45) is 0 Å². The van der Waals surface area contributed by atoms with Crippen LogP contribution in [0.4, 0.5) is 0 Å². The van der Waals surface area contributed by atoms with Crippen molar-refractivity contribution in [1.82, 2.24) is 0 Å². The fourth-order valence-electron chi connectivity index (χ4n) is 2.98. The predicted molar refractivity (Wildman–Crippen MR) is 88.3 cm³/mol. The van der Waals surface area contributed by atoms with Gasteiger partial charge in [-0.05, 0) is 37.6 Å². The van der Waals surface area contributed by atoms with Crippen molar-refractivity contribution in [3.05, 3.63) is 66.7 Å². The van der Waals surface area contributed by atoms with Gasteiger partial charge in [0.05, 0.1) is 0 Å². The van der Waals surface area contributed by atoms with E-state index in [1.165, 1.54) is 37.6 Å². The van der Waals surface area contributed by atoms with Gasteiger partial charge in [-0.3, -0.25) is 0 Å². The maximum Gasteiger partial charge on any atom is 0 e. The van der Waals surface area contributed by atoms with Gasteiger partial charge in [0, 0.05) is 20.4 Å². The first-order chi connectivity index (χ1) is 9.36. The van der Waals surface area contributed by atoms with E-state index in [-0.39, 0.29) is 20.4 Å². The fraction of sp³-hybridized carbons (Fsp3) is 0. The Morgan fingerprint density at radius 1 is 0.500 bits per heavy atom. The summed E-state index contributed by atoms with van der Waals surface area (Å²) in [5, 5.41) is 9.28. The second-order valence-corrected chi connectivity index (χ2v) is 5.48. The molecule has 0 aliphatic heterocycles. The molecule has 4 aromatic rings. The Morgan fingerprint density at radius 2 is 0.900 bits per heavy atom.